The molecule has 0 amide bonds. The molecule has 3 unspecified atom stereocenters. The van der Waals surface area contributed by atoms with Gasteiger partial charge in [-0.2, -0.15) is 0 Å². The standard InChI is InChI=1S/C36H64N6O13/c1-31(2,3)54-27(47)19(39)20(43)24(45)35(41)14-17(38)22(52-28-16(37)10-11-18(51-28)23(40)33(7)12-13-33)21(44)26(35)53-29-25(46)36(42-9,34(8,49)15-50-29)30(48)55-32(4,5)6/h11,16-17,19-23,25-26,28-29,42-44,46,49H,10,12-15,37-41H2,1-9H3/t16-,17+,19?,20?,21+,22-,23?,25+,26-,28-,29-,34+,35+,36+/m1/s1. The molecule has 19 nitrogen and oxygen atoms in total. The van der Waals surface area contributed by atoms with E-state index in [0.29, 0.717) is 12.2 Å². The number of nitrogens with two attached hydrogens (primary N) is 5. The number of aliphatic hydroxyl groups excluding tert-OH is 3. The van der Waals surface area contributed by atoms with Gasteiger partial charge in [0.1, 0.15) is 64.7 Å². The zero-order valence-corrected chi connectivity index (χ0v) is 33.3. The highest BCUT2D eigenvalue weighted by Gasteiger charge is 2.67. The molecule has 0 aromatic rings. The monoisotopic (exact) mass is 788 g/mol. The van der Waals surface area contributed by atoms with E-state index in [0.717, 1.165) is 12.8 Å². The molecule has 0 bridgehead atoms. The lowest BCUT2D eigenvalue weighted by Crippen LogP contribution is -2.80. The van der Waals surface area contributed by atoms with Gasteiger partial charge in [0.25, 0.3) is 0 Å². The van der Waals surface area contributed by atoms with E-state index >= 15 is 0 Å². The average molecular weight is 789 g/mol. The van der Waals surface area contributed by atoms with Crippen LogP contribution in [0.2, 0.25) is 0 Å². The van der Waals surface area contributed by atoms with E-state index in [4.69, 9.17) is 57.1 Å². The van der Waals surface area contributed by atoms with Gasteiger partial charge in [-0.15, -0.1) is 0 Å². The average Bonchev–Trinajstić information content (AvgIpc) is 3.82. The Balaban J connectivity index is 1.71. The number of carbonyl (C=O) groups is 3. The Morgan fingerprint density at radius 3 is 2.07 bits per heavy atom. The highest BCUT2D eigenvalue weighted by molar-refractivity contribution is 5.97. The Bertz CT molecular complexity index is 1460. The summed E-state index contributed by atoms with van der Waals surface area (Å²) in [5.74, 6) is -3.00. The molecule has 2 aliphatic carbocycles. The van der Waals surface area contributed by atoms with Gasteiger partial charge in [-0.3, -0.25) is 9.59 Å². The molecule has 55 heavy (non-hydrogen) atoms. The molecule has 2 heterocycles. The van der Waals surface area contributed by atoms with E-state index in [-0.39, 0.29) is 5.41 Å². The zero-order valence-electron chi connectivity index (χ0n) is 33.3. The van der Waals surface area contributed by atoms with Crippen molar-refractivity contribution in [3.63, 3.8) is 0 Å². The van der Waals surface area contributed by atoms with E-state index in [1.165, 1.54) is 14.0 Å². The van der Waals surface area contributed by atoms with Crippen LogP contribution in [0.1, 0.15) is 81.1 Å². The number of aliphatic hydroxyl groups is 4. The first kappa shape index (κ1) is 45.3. The zero-order chi connectivity index (χ0) is 41.9. The highest BCUT2D eigenvalue weighted by atomic mass is 16.7. The van der Waals surface area contributed by atoms with Crippen molar-refractivity contribution in [2.24, 2.45) is 34.1 Å². The molecule has 14 atom stereocenters. The van der Waals surface area contributed by atoms with Crippen molar-refractivity contribution in [1.82, 2.24) is 5.32 Å². The van der Waals surface area contributed by atoms with Gasteiger partial charge < -0.3 is 82.8 Å². The van der Waals surface area contributed by atoms with Gasteiger partial charge in [0.05, 0.1) is 18.7 Å². The van der Waals surface area contributed by atoms with Crippen molar-refractivity contribution in [3.05, 3.63) is 11.8 Å². The summed E-state index contributed by atoms with van der Waals surface area (Å²) in [5.41, 5.74) is 23.1. The lowest BCUT2D eigenvalue weighted by atomic mass is 9.69. The minimum atomic E-state index is -2.46. The number of rotatable bonds is 12. The Morgan fingerprint density at radius 1 is 0.964 bits per heavy atom. The van der Waals surface area contributed by atoms with Gasteiger partial charge in [-0.05, 0) is 92.7 Å². The van der Waals surface area contributed by atoms with Crippen molar-refractivity contribution < 1.29 is 63.2 Å². The van der Waals surface area contributed by atoms with E-state index in [1.54, 1.807) is 47.6 Å². The van der Waals surface area contributed by atoms with Crippen LogP contribution in [0, 0.1) is 5.41 Å². The molecule has 0 radical (unpaired) electrons. The fourth-order valence-corrected chi connectivity index (χ4v) is 7.33. The minimum absolute atomic E-state index is 0.161. The Morgan fingerprint density at radius 2 is 1.55 bits per heavy atom. The molecule has 4 rings (SSSR count). The summed E-state index contributed by atoms with van der Waals surface area (Å²) in [5, 5.41) is 49.2. The maximum atomic E-state index is 14.2. The van der Waals surface area contributed by atoms with Crippen LogP contribution in [-0.4, -0.2) is 147 Å². The second-order valence-electron chi connectivity index (χ2n) is 18.0. The number of carbonyl (C=O) groups excluding carboxylic acids is 3. The summed E-state index contributed by atoms with van der Waals surface area (Å²) in [6.45, 7) is 12.1. The summed E-state index contributed by atoms with van der Waals surface area (Å²) in [6, 6.07) is -4.37. The van der Waals surface area contributed by atoms with Crippen molar-refractivity contribution in [1.29, 1.82) is 0 Å². The van der Waals surface area contributed by atoms with Crippen LogP contribution in [0.25, 0.3) is 0 Å². The highest BCUT2D eigenvalue weighted by Crippen LogP contribution is 2.50. The fourth-order valence-electron chi connectivity index (χ4n) is 7.33. The molecule has 2 saturated carbocycles. The molecule has 0 aromatic heterocycles. The second kappa shape index (κ2) is 15.8. The van der Waals surface area contributed by atoms with Crippen LogP contribution >= 0.6 is 0 Å². The van der Waals surface area contributed by atoms with Gasteiger partial charge in [0, 0.05) is 6.04 Å². The number of likely N-dealkylation sites (N-methyl/N-ethyl adjacent to an activating group) is 1. The Hall–Kier alpha value is -2.37. The lowest BCUT2D eigenvalue weighted by molar-refractivity contribution is -0.323. The maximum Gasteiger partial charge on any atom is 0.332 e. The topological polar surface area (TPSA) is 330 Å². The van der Waals surface area contributed by atoms with Crippen LogP contribution in [-0.2, 0) is 42.8 Å². The fraction of sp³-hybridized carbons (Fsp3) is 0.861. The third-order valence-electron chi connectivity index (χ3n) is 11.0. The molecule has 0 spiro atoms. The van der Waals surface area contributed by atoms with Gasteiger partial charge >= 0.3 is 11.9 Å². The molecular weight excluding hydrogens is 724 g/mol. The number of ketones is 1. The quantitative estimate of drug-likeness (QED) is 0.0881. The van der Waals surface area contributed by atoms with Crippen molar-refractivity contribution in [2.45, 2.75) is 176 Å². The first-order valence-corrected chi connectivity index (χ1v) is 18.6. The van der Waals surface area contributed by atoms with E-state index in [1.807, 2.05) is 6.92 Å². The van der Waals surface area contributed by atoms with Gasteiger partial charge in [-0.1, -0.05) is 6.92 Å². The number of hydrogen-bond donors (Lipinski definition) is 10. The molecule has 4 aliphatic rings. The summed E-state index contributed by atoms with van der Waals surface area (Å²) in [4.78, 5) is 40.8. The van der Waals surface area contributed by atoms with Crippen LogP contribution in [0.3, 0.4) is 0 Å². The molecule has 15 N–H and O–H groups in total. The second-order valence-corrected chi connectivity index (χ2v) is 18.0. The SMILES string of the molecule is CN[C@]1(C(=O)OC(C)(C)C)[C@@H](O)[C@@H](O[C@@H]2[C@@H](O)[C@H](O[C@H]3OC(C(N)C4(C)CC4)=CC[C@H]3N)[C@@H](N)C[C@]2(N)C(=O)C(O)C(N)C(=O)OC(C)(C)C)OC[C@]1(C)O. The molecule has 316 valence electrons. The number of nitrogens with one attached hydrogen (secondary N) is 1. The van der Waals surface area contributed by atoms with E-state index in [2.05, 4.69) is 5.32 Å². The van der Waals surface area contributed by atoms with Gasteiger partial charge in [-0.25, -0.2) is 4.79 Å². The molecular formula is C36H64N6O13. The summed E-state index contributed by atoms with van der Waals surface area (Å²) >= 11 is 0. The van der Waals surface area contributed by atoms with Gasteiger partial charge in [0.15, 0.2) is 17.6 Å². The molecule has 3 fully saturated rings. The van der Waals surface area contributed by atoms with Crippen LogP contribution in [0.5, 0.6) is 0 Å². The van der Waals surface area contributed by atoms with Crippen LogP contribution in [0.15, 0.2) is 11.8 Å². The predicted octanol–water partition coefficient (Wildman–Crippen LogP) is -3.00. The number of ether oxygens (including phenoxy) is 6. The smallest absolute Gasteiger partial charge is 0.332 e. The predicted molar refractivity (Wildman–Crippen MR) is 195 cm³/mol. The lowest BCUT2D eigenvalue weighted by Gasteiger charge is -2.54. The Kier molecular flexibility index (Phi) is 13.0. The van der Waals surface area contributed by atoms with Gasteiger partial charge in [0.2, 0.25) is 6.29 Å². The Labute approximate surface area is 321 Å². The van der Waals surface area contributed by atoms with E-state index in [9.17, 15) is 34.8 Å². The molecule has 2 aliphatic heterocycles. The molecule has 19 heteroatoms. The largest absolute Gasteiger partial charge is 0.466 e. The third kappa shape index (κ3) is 9.04. The van der Waals surface area contributed by atoms with Crippen LogP contribution in [0.4, 0.5) is 0 Å². The molecule has 1 saturated heterocycles. The summed E-state index contributed by atoms with van der Waals surface area (Å²) < 4.78 is 35.1. The maximum absolute atomic E-state index is 14.2. The van der Waals surface area contributed by atoms with Crippen LogP contribution < -0.4 is 34.0 Å². The number of hydrogen-bond acceptors (Lipinski definition) is 19. The first-order chi connectivity index (χ1) is 25.0. The molecule has 0 aromatic carbocycles. The van der Waals surface area contributed by atoms with E-state index < -0.39 is 126 Å². The number of Topliss-reactive ketones (excluding diaryl/α,β-unsaturated/α-hetero) is 1. The third-order valence-corrected chi connectivity index (χ3v) is 11.0. The number of esters is 2. The minimum Gasteiger partial charge on any atom is -0.466 e. The normalized spacial score (nSPS) is 39.5. The summed E-state index contributed by atoms with van der Waals surface area (Å²) in [7, 11) is 1.30. The van der Waals surface area contributed by atoms with Crippen molar-refractivity contribution >= 4 is 17.7 Å². The summed E-state index contributed by atoms with van der Waals surface area (Å²) in [6.07, 6.45) is -9.43. The first-order valence-electron chi connectivity index (χ1n) is 18.6. The van der Waals surface area contributed by atoms with Crippen molar-refractivity contribution in [3.8, 4) is 0 Å². The van der Waals surface area contributed by atoms with Crippen molar-refractivity contribution in [2.75, 3.05) is 13.7 Å².